The minimum Gasteiger partial charge on any atom is -0.454 e. The second-order valence-electron chi connectivity index (χ2n) is 6.12. The molecule has 10 heteroatoms. The summed E-state index contributed by atoms with van der Waals surface area (Å²) < 4.78 is 45.0. The Kier molecular flexibility index (Phi) is 5.85. The van der Waals surface area contributed by atoms with Crippen molar-refractivity contribution in [3.05, 3.63) is 72.6 Å². The summed E-state index contributed by atoms with van der Waals surface area (Å²) in [6.45, 7) is 0. The molecule has 0 aliphatic heterocycles. The summed E-state index contributed by atoms with van der Waals surface area (Å²) in [6.07, 6.45) is 4.15. The molecule has 1 N–H and O–H groups in total. The summed E-state index contributed by atoms with van der Waals surface area (Å²) in [7, 11) is -0.898. The van der Waals surface area contributed by atoms with Gasteiger partial charge in [-0.2, -0.15) is 0 Å². The first-order chi connectivity index (χ1) is 13.8. The molecule has 0 saturated heterocycles. The molecule has 0 spiro atoms. The average molecular weight is 418 g/mol. The van der Waals surface area contributed by atoms with Crippen LogP contribution < -0.4 is 10.1 Å². The lowest BCUT2D eigenvalue weighted by Gasteiger charge is -2.13. The molecule has 29 heavy (non-hydrogen) atoms. The number of benzene rings is 2. The van der Waals surface area contributed by atoms with Crippen LogP contribution in [0.3, 0.4) is 0 Å². The number of carbonyl (C=O) groups excluding carboxylic acids is 1. The van der Waals surface area contributed by atoms with Gasteiger partial charge in [0.25, 0.3) is 5.91 Å². The van der Waals surface area contributed by atoms with Crippen LogP contribution in [0.2, 0.25) is 0 Å². The van der Waals surface area contributed by atoms with Gasteiger partial charge in [0.15, 0.2) is 5.75 Å². The van der Waals surface area contributed by atoms with E-state index in [0.29, 0.717) is 5.75 Å². The van der Waals surface area contributed by atoms with Crippen LogP contribution in [0.5, 0.6) is 11.5 Å². The molecule has 0 bridgehead atoms. The molecule has 1 amide bonds. The van der Waals surface area contributed by atoms with Crippen molar-refractivity contribution in [2.45, 2.75) is 4.90 Å². The van der Waals surface area contributed by atoms with E-state index >= 15 is 0 Å². The predicted molar refractivity (Wildman–Crippen MR) is 106 cm³/mol. The van der Waals surface area contributed by atoms with Crippen LogP contribution in [0.1, 0.15) is 11.8 Å². The molecule has 152 valence electrons. The molecule has 2 aromatic carbocycles. The molecular weight excluding hydrogens is 399 g/mol. The van der Waals surface area contributed by atoms with Gasteiger partial charge in [0.05, 0.1) is 17.3 Å². The number of aromatic nitrogens is 2. The molecule has 3 rings (SSSR count). The Balaban J connectivity index is 0.00000320. The molecule has 0 atom stereocenters. The maximum Gasteiger partial charge on any atom is 0.255 e. The van der Waals surface area contributed by atoms with Gasteiger partial charge in [-0.1, -0.05) is 6.07 Å². The van der Waals surface area contributed by atoms with Gasteiger partial charge in [0.2, 0.25) is 10.0 Å². The van der Waals surface area contributed by atoms with Gasteiger partial charge >= 0.3 is 0 Å². The Bertz CT molecular complexity index is 1140. The van der Waals surface area contributed by atoms with Crippen molar-refractivity contribution >= 4 is 21.6 Å². The van der Waals surface area contributed by atoms with E-state index in [1.54, 1.807) is 0 Å². The molecule has 0 fully saturated rings. The topological polar surface area (TPSA) is 101 Å². The lowest BCUT2D eigenvalue weighted by atomic mass is 10.2. The van der Waals surface area contributed by atoms with Crippen molar-refractivity contribution in [3.8, 4) is 11.5 Å². The predicted octanol–water partition coefficient (Wildman–Crippen LogP) is 3.16. The molecule has 3 aromatic rings. The lowest BCUT2D eigenvalue weighted by Crippen LogP contribution is -2.22. The van der Waals surface area contributed by atoms with E-state index in [4.69, 9.17) is 4.74 Å². The van der Waals surface area contributed by atoms with E-state index < -0.39 is 21.7 Å². The Morgan fingerprint density at radius 1 is 1.10 bits per heavy atom. The summed E-state index contributed by atoms with van der Waals surface area (Å²) >= 11 is 0. The number of anilines is 1. The zero-order chi connectivity index (χ0) is 21.0. The first-order valence-electron chi connectivity index (χ1n) is 8.33. The van der Waals surface area contributed by atoms with Crippen LogP contribution in [0.4, 0.5) is 10.1 Å². The molecule has 0 aliphatic carbocycles. The van der Waals surface area contributed by atoms with Gasteiger partial charge in [-0.3, -0.25) is 4.79 Å². The van der Waals surface area contributed by atoms with Crippen molar-refractivity contribution in [2.24, 2.45) is 0 Å². The van der Waals surface area contributed by atoms with Crippen molar-refractivity contribution in [1.82, 2.24) is 14.3 Å². The summed E-state index contributed by atoms with van der Waals surface area (Å²) in [5.74, 6) is -0.782. The summed E-state index contributed by atoms with van der Waals surface area (Å²) in [5.41, 5.74) is 0.249. The molecule has 0 saturated carbocycles. The van der Waals surface area contributed by atoms with Gasteiger partial charge in [0, 0.05) is 38.9 Å². The number of ether oxygens (including phenoxy) is 1. The number of nitrogens with zero attached hydrogens (tertiary/aromatic N) is 3. The monoisotopic (exact) mass is 418 g/mol. The number of carbonyl (C=O) groups is 1. The fourth-order valence-corrected chi connectivity index (χ4v) is 3.33. The third-order valence-corrected chi connectivity index (χ3v) is 5.59. The standard InChI is InChI=1S/C19H17FN4O4S.H2/c1-24(2)29(26,27)18-5-3-4-13(6-18)19(25)23-15-7-14(20)8-16(9-15)28-17-10-21-12-22-11-17;/h3-12H,1-2H3,(H,23,25);1H. The molecule has 0 aliphatic rings. The maximum atomic E-state index is 13.9. The van der Waals surface area contributed by atoms with E-state index in [-0.39, 0.29) is 23.3 Å². The lowest BCUT2D eigenvalue weighted by molar-refractivity contribution is 0.102. The van der Waals surface area contributed by atoms with E-state index in [2.05, 4.69) is 15.3 Å². The SMILES string of the molecule is CN(C)S(=O)(=O)c1cccc(C(=O)Nc2cc(F)cc(Oc3cncnc3)c2)c1.[HH]. The van der Waals surface area contributed by atoms with E-state index in [1.165, 1.54) is 63.1 Å². The van der Waals surface area contributed by atoms with Gasteiger partial charge in [-0.05, 0) is 24.3 Å². The van der Waals surface area contributed by atoms with Crippen LogP contribution >= 0.6 is 0 Å². The Morgan fingerprint density at radius 2 is 1.83 bits per heavy atom. The van der Waals surface area contributed by atoms with Crippen molar-refractivity contribution < 1.29 is 23.8 Å². The van der Waals surface area contributed by atoms with Crippen molar-refractivity contribution in [3.63, 3.8) is 0 Å². The smallest absolute Gasteiger partial charge is 0.255 e. The van der Waals surface area contributed by atoms with E-state index in [9.17, 15) is 17.6 Å². The van der Waals surface area contributed by atoms with E-state index in [1.807, 2.05) is 0 Å². The quantitative estimate of drug-likeness (QED) is 0.660. The molecular formula is C19H19FN4O4S. The van der Waals surface area contributed by atoms with Crippen LogP contribution in [0, 0.1) is 5.82 Å². The van der Waals surface area contributed by atoms with Crippen LogP contribution in [-0.4, -0.2) is 42.7 Å². The van der Waals surface area contributed by atoms with Crippen LogP contribution in [-0.2, 0) is 10.0 Å². The Hall–Kier alpha value is -3.37. The highest BCUT2D eigenvalue weighted by molar-refractivity contribution is 7.89. The number of sulfonamides is 1. The first kappa shape index (κ1) is 20.4. The summed E-state index contributed by atoms with van der Waals surface area (Å²) in [6, 6.07) is 9.25. The highest BCUT2D eigenvalue weighted by atomic mass is 32.2. The zero-order valence-electron chi connectivity index (χ0n) is 15.5. The number of halogens is 1. The Morgan fingerprint density at radius 3 is 2.52 bits per heavy atom. The number of rotatable bonds is 6. The van der Waals surface area contributed by atoms with Crippen molar-refractivity contribution in [2.75, 3.05) is 19.4 Å². The largest absolute Gasteiger partial charge is 0.454 e. The van der Waals surface area contributed by atoms with Gasteiger partial charge < -0.3 is 10.1 Å². The number of hydrogen-bond donors (Lipinski definition) is 1. The maximum absolute atomic E-state index is 13.9. The van der Waals surface area contributed by atoms with Gasteiger partial charge in [0.1, 0.15) is 17.9 Å². The number of nitrogens with one attached hydrogen (secondary N) is 1. The second-order valence-corrected chi connectivity index (χ2v) is 8.27. The molecule has 8 nitrogen and oxygen atoms in total. The third kappa shape index (κ3) is 4.92. The highest BCUT2D eigenvalue weighted by Gasteiger charge is 2.19. The molecule has 0 radical (unpaired) electrons. The van der Waals surface area contributed by atoms with Crippen LogP contribution in [0.25, 0.3) is 0 Å². The molecule has 1 aromatic heterocycles. The van der Waals surface area contributed by atoms with E-state index in [0.717, 1.165) is 16.4 Å². The highest BCUT2D eigenvalue weighted by Crippen LogP contribution is 2.25. The fraction of sp³-hybridized carbons (Fsp3) is 0.105. The first-order valence-corrected chi connectivity index (χ1v) is 9.77. The minimum absolute atomic E-state index is 0. The van der Waals surface area contributed by atoms with Gasteiger partial charge in [-0.15, -0.1) is 0 Å². The number of hydrogen-bond acceptors (Lipinski definition) is 6. The van der Waals surface area contributed by atoms with Gasteiger partial charge in [-0.25, -0.2) is 27.1 Å². The minimum atomic E-state index is -3.69. The molecule has 1 heterocycles. The summed E-state index contributed by atoms with van der Waals surface area (Å²) in [5, 5.41) is 2.53. The third-order valence-electron chi connectivity index (χ3n) is 3.78. The fourth-order valence-electron chi connectivity index (χ4n) is 2.38. The second kappa shape index (κ2) is 8.33. The van der Waals surface area contributed by atoms with Crippen LogP contribution in [0.15, 0.2) is 66.1 Å². The average Bonchev–Trinajstić information content (AvgIpc) is 2.68. The zero-order valence-corrected chi connectivity index (χ0v) is 16.4. The normalized spacial score (nSPS) is 11.3. The van der Waals surface area contributed by atoms with Crippen molar-refractivity contribution in [1.29, 1.82) is 0 Å². The Labute approximate surface area is 168 Å². The number of amides is 1. The molecule has 0 unspecified atom stereocenters. The summed E-state index contributed by atoms with van der Waals surface area (Å²) in [4.78, 5) is 20.1.